The highest BCUT2D eigenvalue weighted by Crippen LogP contribution is 2.23. The number of pyridine rings is 1. The third-order valence-electron chi connectivity index (χ3n) is 2.92. The first-order valence-corrected chi connectivity index (χ1v) is 6.27. The molecule has 1 unspecified atom stereocenters. The third-order valence-corrected chi connectivity index (χ3v) is 2.92. The molecule has 0 amide bonds. The summed E-state index contributed by atoms with van der Waals surface area (Å²) in [4.78, 5) is 4.28. The van der Waals surface area contributed by atoms with Crippen molar-refractivity contribution >= 4 is 22.3 Å². The van der Waals surface area contributed by atoms with Gasteiger partial charge in [-0.05, 0) is 30.7 Å². The molecular formula is C14H19N3O. The Kier molecular flexibility index (Phi) is 3.99. The van der Waals surface area contributed by atoms with E-state index in [-0.39, 0.29) is 6.10 Å². The summed E-state index contributed by atoms with van der Waals surface area (Å²) >= 11 is 0. The molecule has 0 spiro atoms. The molecular weight excluding hydrogens is 226 g/mol. The third kappa shape index (κ3) is 2.90. The molecule has 2 rings (SSSR count). The van der Waals surface area contributed by atoms with Crippen LogP contribution in [0.1, 0.15) is 19.8 Å². The van der Waals surface area contributed by atoms with E-state index in [1.54, 1.807) is 6.20 Å². The number of hydrogen-bond acceptors (Lipinski definition) is 4. The number of benzene rings is 1. The second-order valence-corrected chi connectivity index (χ2v) is 4.46. The monoisotopic (exact) mass is 245 g/mol. The second kappa shape index (κ2) is 5.69. The molecule has 1 aromatic carbocycles. The number of fused-ring (bicyclic) bond motifs is 1. The van der Waals surface area contributed by atoms with Crippen molar-refractivity contribution in [3.8, 4) is 0 Å². The van der Waals surface area contributed by atoms with Gasteiger partial charge < -0.3 is 16.2 Å². The number of anilines is 2. The lowest BCUT2D eigenvalue weighted by molar-refractivity contribution is 0.176. The standard InChI is InChI=1S/C14H19N3O/c1-2-3-11(18)9-17-13-6-7-16-14-8-10(15)4-5-12(13)14/h4-8,11,18H,2-3,9,15H2,1H3,(H,16,17). The molecule has 96 valence electrons. The lowest BCUT2D eigenvalue weighted by atomic mass is 10.1. The van der Waals surface area contributed by atoms with Crippen molar-refractivity contribution < 1.29 is 5.11 Å². The predicted molar refractivity (Wildman–Crippen MR) is 75.6 cm³/mol. The molecule has 0 fully saturated rings. The Bertz CT molecular complexity index is 527. The highest BCUT2D eigenvalue weighted by molar-refractivity contribution is 5.92. The van der Waals surface area contributed by atoms with E-state index in [2.05, 4.69) is 17.2 Å². The number of aliphatic hydroxyl groups is 1. The zero-order valence-electron chi connectivity index (χ0n) is 10.6. The topological polar surface area (TPSA) is 71.2 Å². The Labute approximate surface area is 107 Å². The van der Waals surface area contributed by atoms with Gasteiger partial charge in [0.25, 0.3) is 0 Å². The van der Waals surface area contributed by atoms with Crippen molar-refractivity contribution in [3.05, 3.63) is 30.5 Å². The number of hydrogen-bond donors (Lipinski definition) is 3. The predicted octanol–water partition coefficient (Wildman–Crippen LogP) is 2.39. The average molecular weight is 245 g/mol. The smallest absolute Gasteiger partial charge is 0.0743 e. The van der Waals surface area contributed by atoms with Gasteiger partial charge in [-0.25, -0.2) is 0 Å². The van der Waals surface area contributed by atoms with Gasteiger partial charge >= 0.3 is 0 Å². The van der Waals surface area contributed by atoms with Crippen molar-refractivity contribution in [1.82, 2.24) is 4.98 Å². The summed E-state index contributed by atoms with van der Waals surface area (Å²) in [7, 11) is 0. The van der Waals surface area contributed by atoms with Crippen LogP contribution in [0.5, 0.6) is 0 Å². The summed E-state index contributed by atoms with van der Waals surface area (Å²) in [6.45, 7) is 2.62. The van der Waals surface area contributed by atoms with Gasteiger partial charge in [-0.2, -0.15) is 0 Å². The zero-order valence-corrected chi connectivity index (χ0v) is 10.6. The van der Waals surface area contributed by atoms with Gasteiger partial charge in [-0.15, -0.1) is 0 Å². The van der Waals surface area contributed by atoms with Crippen molar-refractivity contribution in [3.63, 3.8) is 0 Å². The number of nitrogens with zero attached hydrogens (tertiary/aromatic N) is 1. The number of nitrogen functional groups attached to an aromatic ring is 1. The number of aliphatic hydroxyl groups excluding tert-OH is 1. The summed E-state index contributed by atoms with van der Waals surface area (Å²) in [5.74, 6) is 0. The minimum absolute atomic E-state index is 0.313. The Morgan fingerprint density at radius 3 is 3.00 bits per heavy atom. The largest absolute Gasteiger partial charge is 0.399 e. The van der Waals surface area contributed by atoms with Crippen LogP contribution in [0.3, 0.4) is 0 Å². The van der Waals surface area contributed by atoms with Crippen LogP contribution in [0.4, 0.5) is 11.4 Å². The average Bonchev–Trinajstić information content (AvgIpc) is 2.36. The van der Waals surface area contributed by atoms with E-state index < -0.39 is 0 Å². The van der Waals surface area contributed by atoms with Gasteiger partial charge in [0, 0.05) is 29.5 Å². The maximum Gasteiger partial charge on any atom is 0.0743 e. The van der Waals surface area contributed by atoms with Crippen LogP contribution in [0.15, 0.2) is 30.5 Å². The van der Waals surface area contributed by atoms with Gasteiger partial charge in [0.1, 0.15) is 0 Å². The van der Waals surface area contributed by atoms with Crippen molar-refractivity contribution in [2.24, 2.45) is 0 Å². The number of nitrogens with one attached hydrogen (secondary N) is 1. The Morgan fingerprint density at radius 1 is 1.39 bits per heavy atom. The molecule has 0 saturated carbocycles. The minimum Gasteiger partial charge on any atom is -0.399 e. The van der Waals surface area contributed by atoms with E-state index in [1.165, 1.54) is 0 Å². The maximum atomic E-state index is 9.73. The Balaban J connectivity index is 2.18. The van der Waals surface area contributed by atoms with E-state index >= 15 is 0 Å². The first kappa shape index (κ1) is 12.6. The molecule has 0 aliphatic heterocycles. The Morgan fingerprint density at radius 2 is 2.22 bits per heavy atom. The molecule has 4 N–H and O–H groups in total. The maximum absolute atomic E-state index is 9.73. The van der Waals surface area contributed by atoms with E-state index in [4.69, 9.17) is 5.73 Å². The van der Waals surface area contributed by atoms with Crippen molar-refractivity contribution in [1.29, 1.82) is 0 Å². The highest BCUT2D eigenvalue weighted by Gasteiger charge is 2.05. The second-order valence-electron chi connectivity index (χ2n) is 4.46. The molecule has 4 nitrogen and oxygen atoms in total. The van der Waals surface area contributed by atoms with Crippen LogP contribution in [-0.4, -0.2) is 22.7 Å². The molecule has 0 aliphatic rings. The Hall–Kier alpha value is -1.81. The molecule has 2 aromatic rings. The van der Waals surface area contributed by atoms with Crippen LogP contribution < -0.4 is 11.1 Å². The van der Waals surface area contributed by atoms with Crippen LogP contribution in [0.2, 0.25) is 0 Å². The van der Waals surface area contributed by atoms with Crippen LogP contribution in [0.25, 0.3) is 10.9 Å². The van der Waals surface area contributed by atoms with Gasteiger partial charge in [0.15, 0.2) is 0 Å². The van der Waals surface area contributed by atoms with E-state index in [1.807, 2.05) is 24.3 Å². The molecule has 1 aromatic heterocycles. The lowest BCUT2D eigenvalue weighted by Crippen LogP contribution is -2.19. The minimum atomic E-state index is -0.313. The molecule has 0 radical (unpaired) electrons. The molecule has 18 heavy (non-hydrogen) atoms. The molecule has 0 saturated heterocycles. The summed E-state index contributed by atoms with van der Waals surface area (Å²) in [5, 5.41) is 14.0. The van der Waals surface area contributed by atoms with Gasteiger partial charge in [0.2, 0.25) is 0 Å². The molecule has 1 heterocycles. The van der Waals surface area contributed by atoms with Crippen molar-refractivity contribution in [2.75, 3.05) is 17.6 Å². The fourth-order valence-corrected chi connectivity index (χ4v) is 1.98. The van der Waals surface area contributed by atoms with Crippen LogP contribution >= 0.6 is 0 Å². The first-order valence-electron chi connectivity index (χ1n) is 6.27. The SMILES string of the molecule is CCCC(O)CNc1ccnc2cc(N)ccc12. The number of nitrogens with two attached hydrogens (primary N) is 1. The van der Waals surface area contributed by atoms with Gasteiger partial charge in [-0.3, -0.25) is 4.98 Å². The first-order chi connectivity index (χ1) is 8.70. The molecule has 0 aliphatic carbocycles. The summed E-state index contributed by atoms with van der Waals surface area (Å²) in [5.41, 5.74) is 8.29. The molecule has 0 bridgehead atoms. The lowest BCUT2D eigenvalue weighted by Gasteiger charge is -2.13. The number of aromatic nitrogens is 1. The molecule has 1 atom stereocenters. The quantitative estimate of drug-likeness (QED) is 0.707. The number of rotatable bonds is 5. The van der Waals surface area contributed by atoms with E-state index in [0.29, 0.717) is 12.2 Å². The van der Waals surface area contributed by atoms with E-state index in [0.717, 1.165) is 29.4 Å². The highest BCUT2D eigenvalue weighted by atomic mass is 16.3. The zero-order chi connectivity index (χ0) is 13.0. The van der Waals surface area contributed by atoms with E-state index in [9.17, 15) is 5.11 Å². The van der Waals surface area contributed by atoms with Gasteiger partial charge in [-0.1, -0.05) is 13.3 Å². The van der Waals surface area contributed by atoms with Crippen LogP contribution in [-0.2, 0) is 0 Å². The van der Waals surface area contributed by atoms with Crippen LogP contribution in [0, 0.1) is 0 Å². The molecule has 4 heteroatoms. The fourth-order valence-electron chi connectivity index (χ4n) is 1.98. The summed E-state index contributed by atoms with van der Waals surface area (Å²) in [6.07, 6.45) is 3.22. The van der Waals surface area contributed by atoms with Gasteiger partial charge in [0.05, 0.1) is 11.6 Å². The normalized spacial score (nSPS) is 12.6. The summed E-state index contributed by atoms with van der Waals surface area (Å²) < 4.78 is 0. The summed E-state index contributed by atoms with van der Waals surface area (Å²) in [6, 6.07) is 7.57. The van der Waals surface area contributed by atoms with Crippen molar-refractivity contribution in [2.45, 2.75) is 25.9 Å². The fraction of sp³-hybridized carbons (Fsp3) is 0.357.